The highest BCUT2D eigenvalue weighted by atomic mass is 32.1. The van der Waals surface area contributed by atoms with Crippen LogP contribution in [0.3, 0.4) is 0 Å². The maximum absolute atomic E-state index is 11.3. The normalized spacial score (nSPS) is 11.3. The number of hydrogen-bond donors (Lipinski definition) is 1. The third kappa shape index (κ3) is 3.48. The Morgan fingerprint density at radius 2 is 2.12 bits per heavy atom. The number of rotatable bonds is 3. The molecule has 1 heterocycles. The predicted octanol–water partition coefficient (Wildman–Crippen LogP) is 2.70. The van der Waals surface area contributed by atoms with Crippen molar-refractivity contribution in [2.75, 3.05) is 19.0 Å². The second-order valence-corrected chi connectivity index (χ2v) is 6.03. The van der Waals surface area contributed by atoms with E-state index < -0.39 is 0 Å². The molecule has 1 N–H and O–H groups in total. The first-order chi connectivity index (χ1) is 7.33. The summed E-state index contributed by atoms with van der Waals surface area (Å²) >= 11 is 1.48. The molecule has 0 radical (unpaired) electrons. The van der Waals surface area contributed by atoms with Gasteiger partial charge < -0.3 is 10.1 Å². The van der Waals surface area contributed by atoms with Gasteiger partial charge in [-0.25, -0.2) is 9.78 Å². The topological polar surface area (TPSA) is 51.2 Å². The molecule has 0 aromatic carbocycles. The fraction of sp³-hybridized carbons (Fsp3) is 0.636. The Kier molecular flexibility index (Phi) is 3.91. The van der Waals surface area contributed by atoms with Gasteiger partial charge in [0, 0.05) is 11.4 Å². The second-order valence-electron chi connectivity index (χ2n) is 4.83. The zero-order chi connectivity index (χ0) is 12.3. The molecule has 0 aliphatic heterocycles. The number of carbonyl (C=O) groups excluding carboxylic acids is 1. The van der Waals surface area contributed by atoms with Crippen molar-refractivity contribution in [1.29, 1.82) is 0 Å². The van der Waals surface area contributed by atoms with Crippen LogP contribution >= 0.6 is 11.3 Å². The first-order valence-electron chi connectivity index (χ1n) is 5.13. The zero-order valence-corrected chi connectivity index (χ0v) is 11.2. The Morgan fingerprint density at radius 3 is 2.62 bits per heavy atom. The molecular formula is C11H18N2O2S. The third-order valence-electron chi connectivity index (χ3n) is 1.95. The molecule has 1 aromatic rings. The Balaban J connectivity index is 2.74. The van der Waals surface area contributed by atoms with Gasteiger partial charge in [-0.3, -0.25) is 0 Å². The Hall–Kier alpha value is -1.10. The van der Waals surface area contributed by atoms with Crippen LogP contribution in [0.4, 0.5) is 5.13 Å². The molecule has 0 unspecified atom stereocenters. The van der Waals surface area contributed by atoms with Crippen LogP contribution in [0.1, 0.15) is 36.1 Å². The van der Waals surface area contributed by atoms with Gasteiger partial charge in [-0.15, -0.1) is 11.3 Å². The minimum Gasteiger partial charge on any atom is -0.464 e. The molecule has 0 saturated carbocycles. The minimum atomic E-state index is -0.377. The summed E-state index contributed by atoms with van der Waals surface area (Å²) < 4.78 is 4.65. The van der Waals surface area contributed by atoms with Crippen LogP contribution in [0, 0.1) is 12.3 Å². The van der Waals surface area contributed by atoms with E-state index in [4.69, 9.17) is 0 Å². The van der Waals surface area contributed by atoms with E-state index in [1.54, 1.807) is 0 Å². The number of anilines is 1. The van der Waals surface area contributed by atoms with Crippen molar-refractivity contribution < 1.29 is 9.53 Å². The van der Waals surface area contributed by atoms with Crippen molar-refractivity contribution >= 4 is 22.4 Å². The highest BCUT2D eigenvalue weighted by molar-refractivity contribution is 7.15. The molecule has 5 heteroatoms. The molecule has 0 bridgehead atoms. The van der Waals surface area contributed by atoms with Crippen molar-refractivity contribution in [3.8, 4) is 0 Å². The summed E-state index contributed by atoms with van der Waals surface area (Å²) in [6.45, 7) is 9.11. The van der Waals surface area contributed by atoms with E-state index in [9.17, 15) is 4.79 Å². The molecule has 16 heavy (non-hydrogen) atoms. The second kappa shape index (κ2) is 4.82. The number of nitrogens with zero attached hydrogens (tertiary/aromatic N) is 1. The van der Waals surface area contributed by atoms with Gasteiger partial charge >= 0.3 is 5.97 Å². The van der Waals surface area contributed by atoms with Crippen LogP contribution in [-0.2, 0) is 4.74 Å². The molecule has 0 aliphatic carbocycles. The van der Waals surface area contributed by atoms with E-state index in [2.05, 4.69) is 35.8 Å². The zero-order valence-electron chi connectivity index (χ0n) is 10.4. The van der Waals surface area contributed by atoms with Gasteiger partial charge in [-0.05, 0) is 12.3 Å². The summed E-state index contributed by atoms with van der Waals surface area (Å²) in [6, 6.07) is 0. The van der Waals surface area contributed by atoms with E-state index in [-0.39, 0.29) is 11.4 Å². The predicted molar refractivity (Wildman–Crippen MR) is 66.1 cm³/mol. The highest BCUT2D eigenvalue weighted by Crippen LogP contribution is 2.24. The molecule has 1 aromatic heterocycles. The number of thiazole rings is 1. The standard InChI is InChI=1S/C11H18N2O2S/c1-7-8(9(14)15-5)13-10(16-7)12-6-11(2,3)4/h6H2,1-5H3,(H,12,13). The Bertz CT molecular complexity index is 380. The lowest BCUT2D eigenvalue weighted by Crippen LogP contribution is -2.19. The van der Waals surface area contributed by atoms with Crippen LogP contribution in [0.15, 0.2) is 0 Å². The molecule has 0 saturated heterocycles. The smallest absolute Gasteiger partial charge is 0.357 e. The molecular weight excluding hydrogens is 224 g/mol. The lowest BCUT2D eigenvalue weighted by Gasteiger charge is -2.17. The largest absolute Gasteiger partial charge is 0.464 e. The molecule has 0 spiro atoms. The van der Waals surface area contributed by atoms with Crippen LogP contribution in [0.2, 0.25) is 0 Å². The highest BCUT2D eigenvalue weighted by Gasteiger charge is 2.17. The summed E-state index contributed by atoms with van der Waals surface area (Å²) in [5.41, 5.74) is 0.592. The summed E-state index contributed by atoms with van der Waals surface area (Å²) in [5.74, 6) is -0.377. The van der Waals surface area contributed by atoms with Crippen LogP contribution in [-0.4, -0.2) is 24.6 Å². The number of ether oxygens (including phenoxy) is 1. The number of aromatic nitrogens is 1. The lowest BCUT2D eigenvalue weighted by atomic mass is 9.97. The number of nitrogens with one attached hydrogen (secondary N) is 1. The monoisotopic (exact) mass is 242 g/mol. The number of methoxy groups -OCH3 is 1. The van der Waals surface area contributed by atoms with Crippen molar-refractivity contribution in [2.45, 2.75) is 27.7 Å². The number of aryl methyl sites for hydroxylation is 1. The maximum Gasteiger partial charge on any atom is 0.357 e. The van der Waals surface area contributed by atoms with Gasteiger partial charge in [0.05, 0.1) is 7.11 Å². The maximum atomic E-state index is 11.3. The van der Waals surface area contributed by atoms with Crippen molar-refractivity contribution in [3.63, 3.8) is 0 Å². The fourth-order valence-corrected chi connectivity index (χ4v) is 1.90. The van der Waals surface area contributed by atoms with Gasteiger partial charge in [-0.1, -0.05) is 20.8 Å². The summed E-state index contributed by atoms with van der Waals surface area (Å²) in [6.07, 6.45) is 0. The molecule has 1 rings (SSSR count). The third-order valence-corrected chi connectivity index (χ3v) is 2.87. The molecule has 0 aliphatic rings. The van der Waals surface area contributed by atoms with Crippen molar-refractivity contribution in [2.24, 2.45) is 5.41 Å². The molecule has 0 amide bonds. The summed E-state index contributed by atoms with van der Waals surface area (Å²) in [7, 11) is 1.36. The lowest BCUT2D eigenvalue weighted by molar-refractivity contribution is 0.0594. The van der Waals surface area contributed by atoms with E-state index >= 15 is 0 Å². The van der Waals surface area contributed by atoms with E-state index in [1.165, 1.54) is 18.4 Å². The van der Waals surface area contributed by atoms with Crippen molar-refractivity contribution in [3.05, 3.63) is 10.6 Å². The van der Waals surface area contributed by atoms with Crippen molar-refractivity contribution in [1.82, 2.24) is 4.98 Å². The van der Waals surface area contributed by atoms with Gasteiger partial charge in [-0.2, -0.15) is 0 Å². The number of hydrogen-bond acceptors (Lipinski definition) is 5. The van der Waals surface area contributed by atoms with Crippen LogP contribution in [0.5, 0.6) is 0 Å². The Morgan fingerprint density at radius 1 is 1.50 bits per heavy atom. The van der Waals surface area contributed by atoms with E-state index in [0.717, 1.165) is 16.6 Å². The summed E-state index contributed by atoms with van der Waals surface area (Å²) in [5, 5.41) is 4.00. The molecule has 0 fully saturated rings. The SMILES string of the molecule is COC(=O)c1nc(NCC(C)(C)C)sc1C. The van der Waals surface area contributed by atoms with Gasteiger partial charge in [0.1, 0.15) is 0 Å². The number of carbonyl (C=O) groups is 1. The molecule has 4 nitrogen and oxygen atoms in total. The van der Waals surface area contributed by atoms with Gasteiger partial charge in [0.2, 0.25) is 0 Å². The average molecular weight is 242 g/mol. The van der Waals surface area contributed by atoms with Gasteiger partial charge in [0.25, 0.3) is 0 Å². The van der Waals surface area contributed by atoms with E-state index in [0.29, 0.717) is 5.69 Å². The Labute approximate surface area is 100 Å². The van der Waals surface area contributed by atoms with E-state index in [1.807, 2.05) is 6.92 Å². The first kappa shape index (κ1) is 13.0. The van der Waals surface area contributed by atoms with Gasteiger partial charge in [0.15, 0.2) is 10.8 Å². The summed E-state index contributed by atoms with van der Waals surface area (Å²) in [4.78, 5) is 16.4. The van der Waals surface area contributed by atoms with Crippen LogP contribution in [0.25, 0.3) is 0 Å². The van der Waals surface area contributed by atoms with Crippen LogP contribution < -0.4 is 5.32 Å². The first-order valence-corrected chi connectivity index (χ1v) is 5.95. The number of esters is 1. The molecule has 0 atom stereocenters. The molecule has 90 valence electrons. The quantitative estimate of drug-likeness (QED) is 0.828. The average Bonchev–Trinajstić information content (AvgIpc) is 2.55. The minimum absolute atomic E-state index is 0.186. The fourth-order valence-electron chi connectivity index (χ4n) is 1.10.